The van der Waals surface area contributed by atoms with Gasteiger partial charge in [-0.3, -0.25) is 4.79 Å². The van der Waals surface area contributed by atoms with Crippen LogP contribution in [-0.2, 0) is 4.79 Å². The van der Waals surface area contributed by atoms with Gasteiger partial charge in [0.1, 0.15) is 18.2 Å². The molecule has 0 unspecified atom stereocenters. The molecule has 0 spiro atoms. The molecule has 3 amide bonds. The molecule has 0 saturated heterocycles. The zero-order valence-electron chi connectivity index (χ0n) is 16.9. The number of hydrogen-bond donors (Lipinski definition) is 1. The van der Waals surface area contributed by atoms with Gasteiger partial charge in [-0.05, 0) is 30.2 Å². The summed E-state index contributed by atoms with van der Waals surface area (Å²) >= 11 is 0. The molecule has 1 N–H and O–H groups in total. The largest absolute Gasteiger partial charge is 0.338 e. The van der Waals surface area contributed by atoms with Gasteiger partial charge in [0, 0.05) is 25.6 Å². The van der Waals surface area contributed by atoms with Crippen molar-refractivity contribution in [2.45, 2.75) is 25.8 Å². The van der Waals surface area contributed by atoms with E-state index in [0.29, 0.717) is 23.4 Å². The summed E-state index contributed by atoms with van der Waals surface area (Å²) in [6.45, 7) is 2.23. The van der Waals surface area contributed by atoms with Gasteiger partial charge in [-0.1, -0.05) is 37.3 Å². The van der Waals surface area contributed by atoms with Crippen LogP contribution in [0.4, 0.5) is 13.6 Å². The first-order chi connectivity index (χ1) is 14.4. The summed E-state index contributed by atoms with van der Waals surface area (Å²) in [5.74, 6) is -1.25. The quantitative estimate of drug-likeness (QED) is 0.784. The van der Waals surface area contributed by atoms with Crippen LogP contribution in [0.2, 0.25) is 0 Å². The number of halogens is 2. The van der Waals surface area contributed by atoms with E-state index in [2.05, 4.69) is 10.4 Å². The van der Waals surface area contributed by atoms with E-state index < -0.39 is 17.8 Å². The summed E-state index contributed by atoms with van der Waals surface area (Å²) in [5, 5.41) is 8.34. The van der Waals surface area contributed by atoms with E-state index in [1.165, 1.54) is 35.2 Å². The Bertz CT molecular complexity index is 946. The molecule has 1 heterocycles. The fraction of sp³-hybridized carbons (Fsp3) is 0.318. The molecular formula is C22H24F2N4O2. The normalized spacial score (nSPS) is 15.7. The summed E-state index contributed by atoms with van der Waals surface area (Å²) in [7, 11) is 1.52. The smallest absolute Gasteiger partial charge is 0.317 e. The van der Waals surface area contributed by atoms with Crippen LogP contribution in [0, 0.1) is 11.6 Å². The number of carbonyl (C=O) groups excluding carboxylic acids is 2. The number of nitrogens with one attached hydrogen (secondary N) is 1. The van der Waals surface area contributed by atoms with Crippen LogP contribution in [0.3, 0.4) is 0 Å². The maximum atomic E-state index is 14.5. The van der Waals surface area contributed by atoms with Crippen molar-refractivity contribution in [1.29, 1.82) is 0 Å². The van der Waals surface area contributed by atoms with Crippen LogP contribution in [0.1, 0.15) is 36.9 Å². The average molecular weight is 414 g/mol. The Kier molecular flexibility index (Phi) is 6.76. The highest BCUT2D eigenvalue weighted by Gasteiger charge is 2.35. The van der Waals surface area contributed by atoms with E-state index in [-0.39, 0.29) is 24.8 Å². The second kappa shape index (κ2) is 9.47. The number of amides is 3. The van der Waals surface area contributed by atoms with Crippen molar-refractivity contribution in [1.82, 2.24) is 15.2 Å². The molecule has 30 heavy (non-hydrogen) atoms. The first-order valence-electron chi connectivity index (χ1n) is 9.79. The lowest BCUT2D eigenvalue weighted by atomic mass is 9.98. The molecule has 6 nitrogen and oxygen atoms in total. The number of hydrazone groups is 1. The minimum atomic E-state index is -0.647. The van der Waals surface area contributed by atoms with Gasteiger partial charge < -0.3 is 10.2 Å². The predicted octanol–water partition coefficient (Wildman–Crippen LogP) is 3.69. The number of nitrogens with zero attached hydrogens (tertiary/aromatic N) is 3. The molecule has 0 aromatic heterocycles. The van der Waals surface area contributed by atoms with Crippen molar-refractivity contribution in [2.24, 2.45) is 5.10 Å². The maximum Gasteiger partial charge on any atom is 0.317 e. The second-order valence-corrected chi connectivity index (χ2v) is 7.12. The van der Waals surface area contributed by atoms with Crippen LogP contribution >= 0.6 is 0 Å². The van der Waals surface area contributed by atoms with E-state index in [9.17, 15) is 18.4 Å². The molecule has 1 aliphatic heterocycles. The van der Waals surface area contributed by atoms with Crippen LogP contribution in [0.15, 0.2) is 53.6 Å². The average Bonchev–Trinajstić information content (AvgIpc) is 3.18. The molecule has 0 bridgehead atoms. The summed E-state index contributed by atoms with van der Waals surface area (Å²) in [6, 6.07) is 11.0. The Morgan fingerprint density at radius 3 is 2.53 bits per heavy atom. The molecule has 0 saturated carbocycles. The van der Waals surface area contributed by atoms with Gasteiger partial charge in [0.25, 0.3) is 5.91 Å². The van der Waals surface area contributed by atoms with E-state index in [4.69, 9.17) is 0 Å². The minimum absolute atomic E-state index is 0.208. The van der Waals surface area contributed by atoms with Crippen LogP contribution in [0.5, 0.6) is 0 Å². The molecule has 2 aromatic rings. The standard InChI is InChI=1S/C22H24F2N4O2/c1-3-12-25-22(30)27(2)14-21(29)28-20(17-6-4-5-7-18(17)24)13-19(26-28)15-8-10-16(23)11-9-15/h4-11,20H,3,12-14H2,1-2H3,(H,25,30)/t20-/m1/s1. The van der Waals surface area contributed by atoms with Crippen molar-refractivity contribution < 1.29 is 18.4 Å². The zero-order valence-corrected chi connectivity index (χ0v) is 16.9. The van der Waals surface area contributed by atoms with Crippen molar-refractivity contribution in [2.75, 3.05) is 20.1 Å². The number of likely N-dealkylation sites (N-methyl/N-ethyl adjacent to an activating group) is 1. The third-order valence-corrected chi connectivity index (χ3v) is 4.85. The lowest BCUT2D eigenvalue weighted by molar-refractivity contribution is -0.133. The summed E-state index contributed by atoms with van der Waals surface area (Å²) in [4.78, 5) is 26.3. The molecular weight excluding hydrogens is 390 g/mol. The van der Waals surface area contributed by atoms with E-state index in [1.807, 2.05) is 6.92 Å². The van der Waals surface area contributed by atoms with E-state index in [0.717, 1.165) is 6.42 Å². The SMILES string of the molecule is CCCNC(=O)N(C)CC(=O)N1N=C(c2ccc(F)cc2)C[C@@H]1c1ccccc1F. The van der Waals surface area contributed by atoms with Crippen molar-refractivity contribution in [3.63, 3.8) is 0 Å². The van der Waals surface area contributed by atoms with Gasteiger partial charge in [-0.2, -0.15) is 5.10 Å². The fourth-order valence-electron chi connectivity index (χ4n) is 3.26. The molecule has 8 heteroatoms. The van der Waals surface area contributed by atoms with Crippen molar-refractivity contribution in [3.05, 3.63) is 71.3 Å². The summed E-state index contributed by atoms with van der Waals surface area (Å²) in [5.41, 5.74) is 1.54. The molecule has 3 rings (SSSR count). The monoisotopic (exact) mass is 414 g/mol. The van der Waals surface area contributed by atoms with Crippen LogP contribution in [0.25, 0.3) is 0 Å². The van der Waals surface area contributed by atoms with Gasteiger partial charge in [0.15, 0.2) is 0 Å². The molecule has 2 aromatic carbocycles. The van der Waals surface area contributed by atoms with Crippen LogP contribution in [-0.4, -0.2) is 47.7 Å². The first kappa shape index (κ1) is 21.4. The summed E-state index contributed by atoms with van der Waals surface area (Å²) < 4.78 is 27.8. The lowest BCUT2D eigenvalue weighted by Gasteiger charge is -2.25. The number of urea groups is 1. The molecule has 158 valence electrons. The van der Waals surface area contributed by atoms with Gasteiger partial charge in [0.05, 0.1) is 11.8 Å². The maximum absolute atomic E-state index is 14.5. The Morgan fingerprint density at radius 2 is 1.87 bits per heavy atom. The molecule has 0 radical (unpaired) electrons. The Balaban J connectivity index is 1.86. The molecule has 1 aliphatic rings. The number of rotatable bonds is 6. The highest BCUT2D eigenvalue weighted by Crippen LogP contribution is 2.34. The molecule has 0 aliphatic carbocycles. The Labute approximate surface area is 174 Å². The third-order valence-electron chi connectivity index (χ3n) is 4.85. The van der Waals surface area contributed by atoms with Gasteiger partial charge in [0.2, 0.25) is 0 Å². The molecule has 1 atom stereocenters. The fourth-order valence-corrected chi connectivity index (χ4v) is 3.26. The molecule has 0 fully saturated rings. The van der Waals surface area contributed by atoms with Crippen LogP contribution < -0.4 is 5.32 Å². The zero-order chi connectivity index (χ0) is 21.7. The number of benzene rings is 2. The minimum Gasteiger partial charge on any atom is -0.338 e. The predicted molar refractivity (Wildman–Crippen MR) is 110 cm³/mol. The highest BCUT2D eigenvalue weighted by molar-refractivity contribution is 6.03. The van der Waals surface area contributed by atoms with Crippen molar-refractivity contribution in [3.8, 4) is 0 Å². The highest BCUT2D eigenvalue weighted by atomic mass is 19.1. The Morgan fingerprint density at radius 1 is 1.17 bits per heavy atom. The topological polar surface area (TPSA) is 65.0 Å². The van der Waals surface area contributed by atoms with Gasteiger partial charge in [-0.25, -0.2) is 18.6 Å². The number of hydrogen-bond acceptors (Lipinski definition) is 3. The first-order valence-corrected chi connectivity index (χ1v) is 9.79. The van der Waals surface area contributed by atoms with Crippen molar-refractivity contribution >= 4 is 17.6 Å². The van der Waals surface area contributed by atoms with Gasteiger partial charge >= 0.3 is 6.03 Å². The van der Waals surface area contributed by atoms with E-state index >= 15 is 0 Å². The summed E-state index contributed by atoms with van der Waals surface area (Å²) in [6.07, 6.45) is 1.06. The van der Waals surface area contributed by atoms with E-state index in [1.54, 1.807) is 30.3 Å². The van der Waals surface area contributed by atoms with Gasteiger partial charge in [-0.15, -0.1) is 0 Å². The Hall–Kier alpha value is -3.29. The lowest BCUT2D eigenvalue weighted by Crippen LogP contribution is -2.43. The second-order valence-electron chi connectivity index (χ2n) is 7.12. The third kappa shape index (κ3) is 4.82. The number of carbonyl (C=O) groups is 2.